The number of nitrogens with two attached hydrogens (primary N) is 1. The fraction of sp³-hybridized carbons (Fsp3) is 0.143. The summed E-state index contributed by atoms with van der Waals surface area (Å²) in [5.41, 5.74) is 9.26. The molecule has 2 heterocycles. The van der Waals surface area contributed by atoms with Crippen LogP contribution in [0.4, 0.5) is 5.69 Å². The highest BCUT2D eigenvalue weighted by atomic mass is 16.6. The Labute approximate surface area is 105 Å². The number of oxime groups is 1. The van der Waals surface area contributed by atoms with Crippen LogP contribution >= 0.6 is 0 Å². The topological polar surface area (TPSA) is 60.5 Å². The molecule has 2 N–H and O–H groups in total. The third-order valence-corrected chi connectivity index (χ3v) is 2.94. The largest absolute Gasteiger partial charge is 0.399 e. The molecule has 0 aliphatic carbocycles. The maximum absolute atomic E-state index is 5.66. The average Bonchev–Trinajstić information content (AvgIpc) is 2.90. The quantitative estimate of drug-likeness (QED) is 0.819. The number of rotatable bonds is 2. The van der Waals surface area contributed by atoms with E-state index in [0.717, 1.165) is 29.1 Å². The molecule has 0 bridgehead atoms. The first kappa shape index (κ1) is 10.8. The zero-order chi connectivity index (χ0) is 12.4. The molecule has 1 aliphatic rings. The Bertz CT molecular complexity index is 563. The Morgan fingerprint density at radius 2 is 1.94 bits per heavy atom. The molecule has 4 nitrogen and oxygen atoms in total. The van der Waals surface area contributed by atoms with Crippen LogP contribution in [0.1, 0.15) is 23.8 Å². The average molecular weight is 239 g/mol. The summed E-state index contributed by atoms with van der Waals surface area (Å²) in [5, 5.41) is 4.11. The summed E-state index contributed by atoms with van der Waals surface area (Å²) < 4.78 is 0. The lowest BCUT2D eigenvalue weighted by Gasteiger charge is -2.08. The molecule has 90 valence electrons. The van der Waals surface area contributed by atoms with Crippen LogP contribution in [0.15, 0.2) is 53.8 Å². The second-order valence-electron chi connectivity index (χ2n) is 4.22. The van der Waals surface area contributed by atoms with Gasteiger partial charge in [-0.15, -0.1) is 0 Å². The second kappa shape index (κ2) is 4.49. The second-order valence-corrected chi connectivity index (χ2v) is 4.22. The summed E-state index contributed by atoms with van der Waals surface area (Å²) in [6.45, 7) is 0. The maximum atomic E-state index is 5.66. The fourth-order valence-corrected chi connectivity index (χ4v) is 1.95. The number of aromatic nitrogens is 1. The molecule has 0 saturated heterocycles. The van der Waals surface area contributed by atoms with Crippen molar-refractivity contribution in [2.45, 2.75) is 12.5 Å². The molecule has 0 fully saturated rings. The van der Waals surface area contributed by atoms with Crippen molar-refractivity contribution in [1.82, 2.24) is 4.98 Å². The molecule has 1 aromatic heterocycles. The van der Waals surface area contributed by atoms with Gasteiger partial charge in [-0.05, 0) is 29.8 Å². The molecule has 1 atom stereocenters. The molecule has 0 amide bonds. The first-order chi connectivity index (χ1) is 8.83. The SMILES string of the molecule is Nc1ccc(C2CC(c3ccccn3)=NO2)cc1. The molecule has 2 aromatic rings. The van der Waals surface area contributed by atoms with Gasteiger partial charge in [0.25, 0.3) is 0 Å². The Morgan fingerprint density at radius 3 is 2.67 bits per heavy atom. The lowest BCUT2D eigenvalue weighted by Crippen LogP contribution is -2.03. The zero-order valence-electron chi connectivity index (χ0n) is 9.78. The number of pyridine rings is 1. The summed E-state index contributed by atoms with van der Waals surface area (Å²) >= 11 is 0. The lowest BCUT2D eigenvalue weighted by molar-refractivity contribution is 0.0857. The van der Waals surface area contributed by atoms with E-state index in [1.54, 1.807) is 6.20 Å². The van der Waals surface area contributed by atoms with Crippen LogP contribution in [-0.2, 0) is 4.84 Å². The van der Waals surface area contributed by atoms with E-state index in [-0.39, 0.29) is 6.10 Å². The van der Waals surface area contributed by atoms with Crippen LogP contribution in [0.25, 0.3) is 0 Å². The van der Waals surface area contributed by atoms with Crippen LogP contribution < -0.4 is 5.73 Å². The third-order valence-electron chi connectivity index (χ3n) is 2.94. The van der Waals surface area contributed by atoms with Gasteiger partial charge in [0, 0.05) is 18.3 Å². The van der Waals surface area contributed by atoms with Crippen LogP contribution in [0.3, 0.4) is 0 Å². The van der Waals surface area contributed by atoms with E-state index in [9.17, 15) is 0 Å². The molecule has 18 heavy (non-hydrogen) atoms. The van der Waals surface area contributed by atoms with E-state index in [1.165, 1.54) is 0 Å². The molecular weight excluding hydrogens is 226 g/mol. The number of hydrogen-bond acceptors (Lipinski definition) is 4. The zero-order valence-corrected chi connectivity index (χ0v) is 9.78. The minimum atomic E-state index is -0.0393. The van der Waals surface area contributed by atoms with Crippen molar-refractivity contribution in [2.24, 2.45) is 5.16 Å². The van der Waals surface area contributed by atoms with Crippen LogP contribution in [0.5, 0.6) is 0 Å². The van der Waals surface area contributed by atoms with Crippen molar-refractivity contribution in [2.75, 3.05) is 5.73 Å². The van der Waals surface area contributed by atoms with Crippen LogP contribution in [0.2, 0.25) is 0 Å². The molecule has 0 spiro atoms. The summed E-state index contributed by atoms with van der Waals surface area (Å²) in [4.78, 5) is 9.73. The highest BCUT2D eigenvalue weighted by Crippen LogP contribution is 2.29. The molecule has 0 saturated carbocycles. The van der Waals surface area contributed by atoms with Crippen molar-refractivity contribution in [1.29, 1.82) is 0 Å². The number of nitrogen functional groups attached to an aromatic ring is 1. The van der Waals surface area contributed by atoms with E-state index >= 15 is 0 Å². The van der Waals surface area contributed by atoms with Gasteiger partial charge in [0.05, 0.1) is 5.69 Å². The van der Waals surface area contributed by atoms with E-state index in [0.29, 0.717) is 0 Å². The van der Waals surface area contributed by atoms with E-state index in [4.69, 9.17) is 10.6 Å². The smallest absolute Gasteiger partial charge is 0.158 e. The number of benzene rings is 1. The number of hydrogen-bond donors (Lipinski definition) is 1. The summed E-state index contributed by atoms with van der Waals surface area (Å²) in [6, 6.07) is 13.5. The van der Waals surface area contributed by atoms with Crippen molar-refractivity contribution in [3.63, 3.8) is 0 Å². The van der Waals surface area contributed by atoms with Gasteiger partial charge < -0.3 is 10.6 Å². The summed E-state index contributed by atoms with van der Waals surface area (Å²) in [6.07, 6.45) is 2.46. The minimum absolute atomic E-state index is 0.0393. The predicted octanol–water partition coefficient (Wildman–Crippen LogP) is 2.53. The van der Waals surface area contributed by atoms with Gasteiger partial charge in [-0.1, -0.05) is 23.4 Å². The van der Waals surface area contributed by atoms with Gasteiger partial charge in [-0.2, -0.15) is 0 Å². The normalized spacial score (nSPS) is 18.2. The van der Waals surface area contributed by atoms with Crippen molar-refractivity contribution >= 4 is 11.4 Å². The van der Waals surface area contributed by atoms with Crippen molar-refractivity contribution < 1.29 is 4.84 Å². The standard InChI is InChI=1S/C14H13N3O/c15-11-6-4-10(5-7-11)14-9-13(17-18-14)12-3-1-2-8-16-12/h1-8,14H,9,15H2. The number of nitrogens with zero attached hydrogens (tertiary/aromatic N) is 2. The first-order valence-corrected chi connectivity index (χ1v) is 5.82. The Hall–Kier alpha value is -2.36. The van der Waals surface area contributed by atoms with Gasteiger partial charge in [0.2, 0.25) is 0 Å². The van der Waals surface area contributed by atoms with Crippen LogP contribution in [-0.4, -0.2) is 10.7 Å². The minimum Gasteiger partial charge on any atom is -0.399 e. The molecule has 1 aromatic carbocycles. The molecule has 4 heteroatoms. The molecular formula is C14H13N3O. The number of anilines is 1. The Morgan fingerprint density at radius 1 is 1.11 bits per heavy atom. The van der Waals surface area contributed by atoms with E-state index < -0.39 is 0 Å². The highest BCUT2D eigenvalue weighted by Gasteiger charge is 2.24. The first-order valence-electron chi connectivity index (χ1n) is 5.82. The Kier molecular flexibility index (Phi) is 2.68. The van der Waals surface area contributed by atoms with Crippen LogP contribution in [0, 0.1) is 0 Å². The highest BCUT2D eigenvalue weighted by molar-refractivity contribution is 5.99. The third kappa shape index (κ3) is 2.05. The molecule has 3 rings (SSSR count). The fourth-order valence-electron chi connectivity index (χ4n) is 1.95. The summed E-state index contributed by atoms with van der Waals surface area (Å²) in [7, 11) is 0. The van der Waals surface area contributed by atoms with Crippen molar-refractivity contribution in [3.8, 4) is 0 Å². The van der Waals surface area contributed by atoms with Gasteiger partial charge in [0.15, 0.2) is 6.10 Å². The molecule has 0 radical (unpaired) electrons. The molecule has 1 unspecified atom stereocenters. The summed E-state index contributed by atoms with van der Waals surface area (Å²) in [5.74, 6) is 0. The van der Waals surface area contributed by atoms with Gasteiger partial charge >= 0.3 is 0 Å². The molecule has 1 aliphatic heterocycles. The van der Waals surface area contributed by atoms with E-state index in [1.807, 2.05) is 42.5 Å². The van der Waals surface area contributed by atoms with Crippen molar-refractivity contribution in [3.05, 3.63) is 59.9 Å². The monoisotopic (exact) mass is 239 g/mol. The van der Waals surface area contributed by atoms with E-state index in [2.05, 4.69) is 10.1 Å². The van der Waals surface area contributed by atoms with Gasteiger partial charge in [-0.25, -0.2) is 0 Å². The Balaban J connectivity index is 1.76. The lowest BCUT2D eigenvalue weighted by atomic mass is 10.0. The van der Waals surface area contributed by atoms with Gasteiger partial charge in [-0.3, -0.25) is 4.98 Å². The predicted molar refractivity (Wildman–Crippen MR) is 70.1 cm³/mol. The maximum Gasteiger partial charge on any atom is 0.158 e. The van der Waals surface area contributed by atoms with Gasteiger partial charge in [0.1, 0.15) is 5.71 Å².